The monoisotopic (exact) mass is 286 g/mol. The maximum Gasteiger partial charge on any atom is 0.226 e. The van der Waals surface area contributed by atoms with E-state index < -0.39 is 0 Å². The maximum absolute atomic E-state index is 12.6. The molecule has 0 spiro atoms. The topological polar surface area (TPSA) is 59.5 Å². The Morgan fingerprint density at radius 1 is 1.38 bits per heavy atom. The lowest BCUT2D eigenvalue weighted by Gasteiger charge is -2.23. The molecule has 1 heterocycles. The molecule has 1 aromatic carbocycles. The van der Waals surface area contributed by atoms with E-state index in [-0.39, 0.29) is 11.8 Å². The lowest BCUT2D eigenvalue weighted by Crippen LogP contribution is -2.36. The summed E-state index contributed by atoms with van der Waals surface area (Å²) in [4.78, 5) is 14.3. The number of rotatable bonds is 4. The lowest BCUT2D eigenvalue weighted by molar-refractivity contribution is -0.136. The number of furan rings is 1. The molecule has 0 radical (unpaired) electrons. The molecule has 0 bridgehead atoms. The Kier molecular flexibility index (Phi) is 3.97. The molecule has 1 amide bonds. The van der Waals surface area contributed by atoms with E-state index in [2.05, 4.69) is 0 Å². The fourth-order valence-corrected chi connectivity index (χ4v) is 3.35. The highest BCUT2D eigenvalue weighted by Crippen LogP contribution is 2.32. The first-order valence-electron chi connectivity index (χ1n) is 7.61. The molecule has 1 aliphatic rings. The van der Waals surface area contributed by atoms with Gasteiger partial charge in [-0.1, -0.05) is 24.6 Å². The smallest absolute Gasteiger partial charge is 0.226 e. The Labute approximate surface area is 124 Å². The van der Waals surface area contributed by atoms with Crippen molar-refractivity contribution in [1.82, 2.24) is 4.90 Å². The van der Waals surface area contributed by atoms with Gasteiger partial charge < -0.3 is 15.1 Å². The Morgan fingerprint density at radius 3 is 2.95 bits per heavy atom. The van der Waals surface area contributed by atoms with Gasteiger partial charge in [-0.25, -0.2) is 0 Å². The number of nitrogens with two attached hydrogens (primary N) is 1. The fraction of sp³-hybridized carbons (Fsp3) is 0.471. The standard InChI is InChI=1S/C17H22N2O2/c1-19(17(20)15-7-4-6-13(15)10-18)11-14-9-12-5-2-3-8-16(12)21-14/h2-3,5,8-9,13,15H,4,6-7,10-11,18H2,1H3/t13-,15-/m1/s1. The molecule has 2 aromatic rings. The third-order valence-electron chi connectivity index (χ3n) is 4.52. The predicted octanol–water partition coefficient (Wildman–Crippen LogP) is 2.77. The molecule has 2 atom stereocenters. The van der Waals surface area contributed by atoms with Crippen LogP contribution >= 0.6 is 0 Å². The fourth-order valence-electron chi connectivity index (χ4n) is 3.35. The molecule has 4 heteroatoms. The summed E-state index contributed by atoms with van der Waals surface area (Å²) in [5.74, 6) is 1.46. The summed E-state index contributed by atoms with van der Waals surface area (Å²) in [6.07, 6.45) is 3.15. The van der Waals surface area contributed by atoms with Crippen molar-refractivity contribution in [1.29, 1.82) is 0 Å². The molecule has 21 heavy (non-hydrogen) atoms. The van der Waals surface area contributed by atoms with Crippen molar-refractivity contribution < 1.29 is 9.21 Å². The minimum Gasteiger partial charge on any atom is -0.459 e. The average molecular weight is 286 g/mol. The van der Waals surface area contributed by atoms with Crippen LogP contribution in [0, 0.1) is 11.8 Å². The van der Waals surface area contributed by atoms with Gasteiger partial charge in [0, 0.05) is 18.4 Å². The summed E-state index contributed by atoms with van der Waals surface area (Å²) in [6, 6.07) is 9.91. The second kappa shape index (κ2) is 5.90. The molecule has 0 saturated heterocycles. The number of para-hydroxylation sites is 1. The molecule has 0 unspecified atom stereocenters. The van der Waals surface area contributed by atoms with Crippen molar-refractivity contribution in [2.45, 2.75) is 25.8 Å². The van der Waals surface area contributed by atoms with Crippen LogP contribution in [0.15, 0.2) is 34.7 Å². The van der Waals surface area contributed by atoms with Gasteiger partial charge in [-0.05, 0) is 37.4 Å². The van der Waals surface area contributed by atoms with Crippen molar-refractivity contribution in [2.24, 2.45) is 17.6 Å². The summed E-state index contributed by atoms with van der Waals surface area (Å²) >= 11 is 0. The largest absolute Gasteiger partial charge is 0.459 e. The van der Waals surface area contributed by atoms with Gasteiger partial charge in [-0.3, -0.25) is 4.79 Å². The van der Waals surface area contributed by atoms with E-state index in [0.717, 1.165) is 36.0 Å². The zero-order valence-corrected chi connectivity index (χ0v) is 12.4. The maximum atomic E-state index is 12.6. The van der Waals surface area contributed by atoms with E-state index >= 15 is 0 Å². The molecular formula is C17H22N2O2. The van der Waals surface area contributed by atoms with E-state index in [1.807, 2.05) is 37.4 Å². The molecule has 0 aliphatic heterocycles. The van der Waals surface area contributed by atoms with Crippen LogP contribution in [-0.2, 0) is 11.3 Å². The third kappa shape index (κ3) is 2.81. The lowest BCUT2D eigenvalue weighted by atomic mass is 9.95. The van der Waals surface area contributed by atoms with Crippen molar-refractivity contribution in [3.8, 4) is 0 Å². The number of amides is 1. The minimum atomic E-state index is 0.0874. The van der Waals surface area contributed by atoms with Gasteiger partial charge in [0.25, 0.3) is 0 Å². The van der Waals surface area contributed by atoms with E-state index in [1.54, 1.807) is 4.90 Å². The van der Waals surface area contributed by atoms with E-state index in [4.69, 9.17) is 10.2 Å². The molecule has 1 aliphatic carbocycles. The summed E-state index contributed by atoms with van der Waals surface area (Å²) in [5, 5.41) is 1.08. The van der Waals surface area contributed by atoms with Crippen molar-refractivity contribution in [3.05, 3.63) is 36.1 Å². The predicted molar refractivity (Wildman–Crippen MR) is 82.6 cm³/mol. The van der Waals surface area contributed by atoms with Crippen LogP contribution in [0.2, 0.25) is 0 Å². The van der Waals surface area contributed by atoms with Gasteiger partial charge in [0.1, 0.15) is 11.3 Å². The SMILES string of the molecule is CN(Cc1cc2ccccc2o1)C(=O)[C@@H]1CCC[C@@H]1CN. The van der Waals surface area contributed by atoms with Crippen LogP contribution in [0.3, 0.4) is 0 Å². The van der Waals surface area contributed by atoms with Crippen molar-refractivity contribution in [3.63, 3.8) is 0 Å². The van der Waals surface area contributed by atoms with Crippen LogP contribution in [0.5, 0.6) is 0 Å². The highest BCUT2D eigenvalue weighted by molar-refractivity contribution is 5.80. The zero-order chi connectivity index (χ0) is 14.8. The third-order valence-corrected chi connectivity index (χ3v) is 4.52. The first-order chi connectivity index (χ1) is 10.2. The Hall–Kier alpha value is -1.81. The van der Waals surface area contributed by atoms with Gasteiger partial charge in [0.05, 0.1) is 6.54 Å². The van der Waals surface area contributed by atoms with Crippen molar-refractivity contribution in [2.75, 3.05) is 13.6 Å². The molecule has 3 rings (SSSR count). The molecule has 4 nitrogen and oxygen atoms in total. The Balaban J connectivity index is 1.70. The molecule has 1 saturated carbocycles. The number of carbonyl (C=O) groups is 1. The summed E-state index contributed by atoms with van der Waals surface area (Å²) in [7, 11) is 1.85. The van der Waals surface area contributed by atoms with Crippen LogP contribution < -0.4 is 5.73 Å². The number of fused-ring (bicyclic) bond motifs is 1. The van der Waals surface area contributed by atoms with Gasteiger partial charge >= 0.3 is 0 Å². The summed E-state index contributed by atoms with van der Waals surface area (Å²) in [6.45, 7) is 1.12. The number of nitrogens with zero attached hydrogens (tertiary/aromatic N) is 1. The second-order valence-electron chi connectivity index (χ2n) is 5.98. The highest BCUT2D eigenvalue weighted by atomic mass is 16.3. The van der Waals surface area contributed by atoms with Crippen LogP contribution in [0.25, 0.3) is 11.0 Å². The molecule has 112 valence electrons. The number of hydrogen-bond acceptors (Lipinski definition) is 3. The Bertz CT molecular complexity index is 602. The average Bonchev–Trinajstić information content (AvgIpc) is 3.11. The first-order valence-corrected chi connectivity index (χ1v) is 7.61. The van der Waals surface area contributed by atoms with E-state index in [1.165, 1.54) is 0 Å². The summed E-state index contributed by atoms with van der Waals surface area (Å²) < 4.78 is 5.79. The van der Waals surface area contributed by atoms with Crippen LogP contribution in [0.1, 0.15) is 25.0 Å². The van der Waals surface area contributed by atoms with Crippen LogP contribution in [-0.4, -0.2) is 24.4 Å². The number of carbonyl (C=O) groups excluding carboxylic acids is 1. The normalized spacial score (nSPS) is 21.8. The Morgan fingerprint density at radius 2 is 2.19 bits per heavy atom. The van der Waals surface area contributed by atoms with Gasteiger partial charge in [-0.15, -0.1) is 0 Å². The first kappa shape index (κ1) is 14.1. The number of hydrogen-bond donors (Lipinski definition) is 1. The van der Waals surface area contributed by atoms with Crippen LogP contribution in [0.4, 0.5) is 0 Å². The van der Waals surface area contributed by atoms with E-state index in [9.17, 15) is 4.79 Å². The van der Waals surface area contributed by atoms with Gasteiger partial charge in [-0.2, -0.15) is 0 Å². The minimum absolute atomic E-state index is 0.0874. The highest BCUT2D eigenvalue weighted by Gasteiger charge is 2.33. The molecule has 2 N–H and O–H groups in total. The van der Waals surface area contributed by atoms with Gasteiger partial charge in [0.15, 0.2) is 0 Å². The van der Waals surface area contributed by atoms with Crippen molar-refractivity contribution >= 4 is 16.9 Å². The van der Waals surface area contributed by atoms with E-state index in [0.29, 0.717) is 19.0 Å². The quantitative estimate of drug-likeness (QED) is 0.940. The second-order valence-corrected chi connectivity index (χ2v) is 5.98. The zero-order valence-electron chi connectivity index (χ0n) is 12.4. The molecule has 1 aromatic heterocycles. The summed E-state index contributed by atoms with van der Waals surface area (Å²) in [5.41, 5.74) is 6.65. The molecular weight excluding hydrogens is 264 g/mol. The molecule has 1 fully saturated rings. The van der Waals surface area contributed by atoms with Gasteiger partial charge in [0.2, 0.25) is 5.91 Å². The number of benzene rings is 1.